The third-order valence-electron chi connectivity index (χ3n) is 5.28. The fraction of sp³-hybridized carbons (Fsp3) is 0.381. The van der Waals surface area contributed by atoms with Crippen molar-refractivity contribution >= 4 is 35.4 Å². The first-order valence-electron chi connectivity index (χ1n) is 10.3. The molecule has 1 unspecified atom stereocenters. The number of amides is 2. The van der Waals surface area contributed by atoms with Crippen LogP contribution in [0.1, 0.15) is 29.9 Å². The van der Waals surface area contributed by atoms with E-state index in [9.17, 15) is 22.8 Å². The first kappa shape index (κ1) is 22.5. The number of aliphatic imine (C=N–C) groups is 1. The van der Waals surface area contributed by atoms with E-state index >= 15 is 0 Å². The van der Waals surface area contributed by atoms with Gasteiger partial charge in [0.2, 0.25) is 11.8 Å². The van der Waals surface area contributed by atoms with Gasteiger partial charge in [-0.05, 0) is 18.6 Å². The topological polar surface area (TPSA) is 109 Å². The quantitative estimate of drug-likeness (QED) is 0.623. The Balaban J connectivity index is 1.73. The second kappa shape index (κ2) is 9.04. The highest BCUT2D eigenvalue weighted by molar-refractivity contribution is 6.13. The number of alkyl halides is 3. The van der Waals surface area contributed by atoms with Gasteiger partial charge in [-0.3, -0.25) is 14.6 Å². The van der Waals surface area contributed by atoms with Crippen LogP contribution in [0, 0.1) is 0 Å². The molecule has 0 aliphatic carbocycles. The number of carbonyl (C=O) groups is 2. The molecule has 2 aromatic rings. The van der Waals surface area contributed by atoms with Crippen molar-refractivity contribution in [2.75, 3.05) is 37.4 Å². The average molecular weight is 462 g/mol. The summed E-state index contributed by atoms with van der Waals surface area (Å²) in [7, 11) is 1.66. The van der Waals surface area contributed by atoms with E-state index in [1.165, 1.54) is 23.5 Å². The molecule has 1 atom stereocenters. The van der Waals surface area contributed by atoms with Crippen molar-refractivity contribution in [1.82, 2.24) is 14.9 Å². The van der Waals surface area contributed by atoms with Gasteiger partial charge in [-0.1, -0.05) is 0 Å². The van der Waals surface area contributed by atoms with Crippen LogP contribution in [-0.2, 0) is 15.8 Å². The molecule has 0 saturated heterocycles. The van der Waals surface area contributed by atoms with E-state index < -0.39 is 23.6 Å². The highest BCUT2D eigenvalue weighted by Crippen LogP contribution is 2.37. The summed E-state index contributed by atoms with van der Waals surface area (Å²) in [5.41, 5.74) is -0.511. The van der Waals surface area contributed by atoms with Crippen LogP contribution >= 0.6 is 0 Å². The molecule has 0 radical (unpaired) electrons. The minimum atomic E-state index is -4.61. The molecule has 2 aliphatic heterocycles. The van der Waals surface area contributed by atoms with Crippen LogP contribution < -0.4 is 15.4 Å². The summed E-state index contributed by atoms with van der Waals surface area (Å²) in [5, 5.41) is 5.73. The van der Waals surface area contributed by atoms with Crippen molar-refractivity contribution in [3.8, 4) is 5.75 Å². The number of likely N-dealkylation sites (N-methyl/N-ethyl adjacent to an activating group) is 1. The lowest BCUT2D eigenvalue weighted by molar-refractivity contribution is -0.137. The largest absolute Gasteiger partial charge is 0.493 e. The van der Waals surface area contributed by atoms with Gasteiger partial charge in [-0.2, -0.15) is 13.2 Å². The third kappa shape index (κ3) is 5.04. The van der Waals surface area contributed by atoms with Gasteiger partial charge < -0.3 is 20.3 Å². The molecule has 1 aromatic carbocycles. The zero-order valence-electron chi connectivity index (χ0n) is 17.6. The molecule has 0 saturated carbocycles. The molecule has 0 fully saturated rings. The van der Waals surface area contributed by atoms with Crippen LogP contribution in [0.4, 0.5) is 30.5 Å². The number of carbonyl (C=O) groups excluding carboxylic acids is 2. The van der Waals surface area contributed by atoms with Crippen molar-refractivity contribution in [3.63, 3.8) is 0 Å². The van der Waals surface area contributed by atoms with Gasteiger partial charge in [0, 0.05) is 38.8 Å². The monoisotopic (exact) mass is 462 g/mol. The van der Waals surface area contributed by atoms with Gasteiger partial charge in [-0.25, -0.2) is 9.97 Å². The van der Waals surface area contributed by atoms with E-state index in [1.807, 2.05) is 0 Å². The van der Waals surface area contributed by atoms with E-state index in [-0.39, 0.29) is 30.4 Å². The molecule has 33 heavy (non-hydrogen) atoms. The Morgan fingerprint density at radius 1 is 1.15 bits per heavy atom. The van der Waals surface area contributed by atoms with E-state index in [4.69, 9.17) is 4.74 Å². The lowest BCUT2D eigenvalue weighted by Gasteiger charge is -2.18. The van der Waals surface area contributed by atoms with Crippen molar-refractivity contribution in [2.45, 2.75) is 24.9 Å². The summed E-state index contributed by atoms with van der Waals surface area (Å²) in [6.07, 6.45) is -1.53. The summed E-state index contributed by atoms with van der Waals surface area (Å²) >= 11 is 0. The Labute approximate surface area is 187 Å². The van der Waals surface area contributed by atoms with Crippen molar-refractivity contribution in [2.24, 2.45) is 4.99 Å². The number of fused-ring (bicyclic) bond motifs is 2. The Hall–Kier alpha value is -3.70. The average Bonchev–Trinajstić information content (AvgIpc) is 3.09. The fourth-order valence-electron chi connectivity index (χ4n) is 3.53. The summed E-state index contributed by atoms with van der Waals surface area (Å²) < 4.78 is 45.6. The van der Waals surface area contributed by atoms with Gasteiger partial charge >= 0.3 is 6.18 Å². The van der Waals surface area contributed by atoms with Crippen LogP contribution in [0.3, 0.4) is 0 Å². The Kier molecular flexibility index (Phi) is 6.16. The summed E-state index contributed by atoms with van der Waals surface area (Å²) in [6.45, 7) is 0.821. The van der Waals surface area contributed by atoms with Crippen molar-refractivity contribution < 1.29 is 27.5 Å². The maximum Gasteiger partial charge on any atom is 0.416 e. The zero-order chi connectivity index (χ0) is 23.6. The minimum absolute atomic E-state index is 0.0208. The molecule has 0 spiro atoms. The number of benzene rings is 1. The van der Waals surface area contributed by atoms with Gasteiger partial charge in [0.05, 0.1) is 23.4 Å². The van der Waals surface area contributed by atoms with Crippen molar-refractivity contribution in [1.29, 1.82) is 0 Å². The lowest BCUT2D eigenvalue weighted by atomic mass is 10.0. The number of hydrogen-bond acceptors (Lipinski definition) is 7. The van der Waals surface area contributed by atoms with Gasteiger partial charge in [-0.15, -0.1) is 0 Å². The van der Waals surface area contributed by atoms with Gasteiger partial charge in [0.1, 0.15) is 29.6 Å². The number of aromatic nitrogens is 2. The van der Waals surface area contributed by atoms with Crippen LogP contribution in [0.5, 0.6) is 5.75 Å². The molecule has 2 N–H and O–H groups in total. The van der Waals surface area contributed by atoms with E-state index in [1.54, 1.807) is 7.05 Å². The SMILES string of the molecule is CN1CCNc2ncnc3c2C(C=Nc2cc(cc(C(F)(F)F)c2)OCCCC1=O)C(=O)N3. The molecule has 2 aliphatic rings. The summed E-state index contributed by atoms with van der Waals surface area (Å²) in [5.74, 6) is -0.800. The molecule has 12 heteroatoms. The molecule has 174 valence electrons. The first-order chi connectivity index (χ1) is 15.7. The van der Waals surface area contributed by atoms with E-state index in [2.05, 4.69) is 25.6 Å². The summed E-state index contributed by atoms with van der Waals surface area (Å²) in [6, 6.07) is 3.12. The first-order valence-corrected chi connectivity index (χ1v) is 10.3. The molecular formula is C21H21F3N6O3. The standard InChI is InChI=1S/C21H21F3N6O3/c1-30-5-4-25-18-17-15(20(32)29-19(17)28-11-27-18)10-26-13-7-12(21(22,23)24)8-14(9-13)33-6-2-3-16(30)31/h7-11,15H,2-6H2,1H3,(H2,25,27,28,29,32). The molecule has 3 heterocycles. The predicted molar refractivity (Wildman–Crippen MR) is 114 cm³/mol. The van der Waals surface area contributed by atoms with E-state index in [0.717, 1.165) is 12.1 Å². The minimum Gasteiger partial charge on any atom is -0.493 e. The molecule has 2 amide bonds. The highest BCUT2D eigenvalue weighted by atomic mass is 19.4. The third-order valence-corrected chi connectivity index (χ3v) is 5.28. The molecule has 1 aromatic heterocycles. The molecule has 2 bridgehead atoms. The number of hydrogen-bond donors (Lipinski definition) is 2. The van der Waals surface area contributed by atoms with Crippen LogP contribution in [0.2, 0.25) is 0 Å². The van der Waals surface area contributed by atoms with Crippen LogP contribution in [0.25, 0.3) is 0 Å². The number of nitrogens with zero attached hydrogens (tertiary/aromatic N) is 4. The maximum atomic E-state index is 13.4. The number of rotatable bonds is 0. The smallest absolute Gasteiger partial charge is 0.416 e. The summed E-state index contributed by atoms with van der Waals surface area (Å²) in [4.78, 5) is 38.8. The Morgan fingerprint density at radius 3 is 2.73 bits per heavy atom. The zero-order valence-corrected chi connectivity index (χ0v) is 17.6. The Bertz CT molecular complexity index is 1110. The van der Waals surface area contributed by atoms with Gasteiger partial charge in [0.25, 0.3) is 0 Å². The molecule has 4 rings (SSSR count). The number of anilines is 2. The molecular weight excluding hydrogens is 441 g/mol. The number of nitrogens with one attached hydrogen (secondary N) is 2. The Morgan fingerprint density at radius 2 is 1.94 bits per heavy atom. The lowest BCUT2D eigenvalue weighted by Crippen LogP contribution is -2.31. The van der Waals surface area contributed by atoms with E-state index in [0.29, 0.717) is 36.7 Å². The molecule has 9 nitrogen and oxygen atoms in total. The normalized spacial score (nSPS) is 19.3. The highest BCUT2D eigenvalue weighted by Gasteiger charge is 2.34. The van der Waals surface area contributed by atoms with Crippen LogP contribution in [0.15, 0.2) is 29.5 Å². The van der Waals surface area contributed by atoms with Crippen molar-refractivity contribution in [3.05, 3.63) is 35.7 Å². The van der Waals surface area contributed by atoms with Crippen LogP contribution in [-0.4, -0.2) is 59.6 Å². The maximum absolute atomic E-state index is 13.4. The van der Waals surface area contributed by atoms with Gasteiger partial charge in [0.15, 0.2) is 0 Å². The fourth-order valence-corrected chi connectivity index (χ4v) is 3.53. The number of ether oxygens (including phenoxy) is 1. The number of halogens is 3. The second-order valence-corrected chi connectivity index (χ2v) is 7.64. The second-order valence-electron chi connectivity index (χ2n) is 7.64. The predicted octanol–water partition coefficient (Wildman–Crippen LogP) is 2.98.